The summed E-state index contributed by atoms with van der Waals surface area (Å²) in [6, 6.07) is 8.27. The first-order chi connectivity index (χ1) is 7.15. The Balaban J connectivity index is 2.75. The molecule has 1 rings (SSSR count). The smallest absolute Gasteiger partial charge is 0.120 e. The summed E-state index contributed by atoms with van der Waals surface area (Å²) in [5.41, 5.74) is 2.38. The van der Waals surface area contributed by atoms with Crippen LogP contribution in [-0.2, 0) is 0 Å². The monoisotopic (exact) mass is 203 g/mol. The molecular formula is C13H17NO. The Morgan fingerprint density at radius 3 is 2.33 bits per heavy atom. The van der Waals surface area contributed by atoms with E-state index in [1.54, 1.807) is 0 Å². The Morgan fingerprint density at radius 1 is 1.27 bits per heavy atom. The van der Waals surface area contributed by atoms with Gasteiger partial charge < -0.3 is 4.74 Å². The number of hydrogen-bond donors (Lipinski definition) is 0. The molecule has 2 heteroatoms. The van der Waals surface area contributed by atoms with Crippen LogP contribution in [0.25, 0.3) is 0 Å². The molecule has 0 aliphatic heterocycles. The second kappa shape index (κ2) is 5.41. The van der Waals surface area contributed by atoms with E-state index in [1.165, 1.54) is 11.1 Å². The van der Waals surface area contributed by atoms with E-state index < -0.39 is 0 Å². The SMILES string of the molecule is CCC(CC#N)Oc1cc(C)cc(C)c1. The maximum atomic E-state index is 8.62. The molecule has 0 aliphatic carbocycles. The van der Waals surface area contributed by atoms with E-state index in [1.807, 2.05) is 32.9 Å². The predicted octanol–water partition coefficient (Wildman–Crippen LogP) is 3.37. The summed E-state index contributed by atoms with van der Waals surface area (Å²) in [7, 11) is 0. The molecular weight excluding hydrogens is 186 g/mol. The fourth-order valence-electron chi connectivity index (χ4n) is 1.56. The van der Waals surface area contributed by atoms with Crippen molar-refractivity contribution < 1.29 is 4.74 Å². The van der Waals surface area contributed by atoms with Crippen molar-refractivity contribution in [2.45, 2.75) is 39.7 Å². The van der Waals surface area contributed by atoms with Gasteiger partial charge in [0.05, 0.1) is 12.5 Å². The van der Waals surface area contributed by atoms with Gasteiger partial charge in [0.25, 0.3) is 0 Å². The van der Waals surface area contributed by atoms with E-state index in [0.717, 1.165) is 12.2 Å². The van der Waals surface area contributed by atoms with E-state index in [-0.39, 0.29) is 6.10 Å². The minimum atomic E-state index is 0.0104. The van der Waals surface area contributed by atoms with Gasteiger partial charge >= 0.3 is 0 Å². The lowest BCUT2D eigenvalue weighted by molar-refractivity contribution is 0.202. The van der Waals surface area contributed by atoms with Gasteiger partial charge in [-0.2, -0.15) is 5.26 Å². The largest absolute Gasteiger partial charge is 0.489 e. The lowest BCUT2D eigenvalue weighted by Gasteiger charge is -2.15. The highest BCUT2D eigenvalue weighted by Gasteiger charge is 2.07. The summed E-state index contributed by atoms with van der Waals surface area (Å²) in [4.78, 5) is 0. The van der Waals surface area contributed by atoms with Gasteiger partial charge in [0.15, 0.2) is 0 Å². The van der Waals surface area contributed by atoms with Gasteiger partial charge in [0.1, 0.15) is 11.9 Å². The fourth-order valence-corrected chi connectivity index (χ4v) is 1.56. The highest BCUT2D eigenvalue weighted by molar-refractivity contribution is 5.33. The molecule has 0 saturated heterocycles. The summed E-state index contributed by atoms with van der Waals surface area (Å²) in [5.74, 6) is 0.870. The molecule has 0 aliphatic rings. The van der Waals surface area contributed by atoms with Crippen LogP contribution in [-0.4, -0.2) is 6.10 Å². The minimum Gasteiger partial charge on any atom is -0.489 e. The third-order valence-corrected chi connectivity index (χ3v) is 2.27. The maximum Gasteiger partial charge on any atom is 0.120 e. The standard InChI is InChI=1S/C13H17NO/c1-4-12(5-6-14)15-13-8-10(2)7-11(3)9-13/h7-9,12H,4-5H2,1-3H3. The third kappa shape index (κ3) is 3.63. The van der Waals surface area contributed by atoms with Crippen molar-refractivity contribution in [3.63, 3.8) is 0 Å². The van der Waals surface area contributed by atoms with Crippen molar-refractivity contribution in [1.29, 1.82) is 5.26 Å². The Morgan fingerprint density at radius 2 is 1.87 bits per heavy atom. The summed E-state index contributed by atoms with van der Waals surface area (Å²) in [6.07, 6.45) is 1.32. The van der Waals surface area contributed by atoms with E-state index in [4.69, 9.17) is 10.00 Å². The molecule has 0 aromatic heterocycles. The van der Waals surface area contributed by atoms with Gasteiger partial charge in [0, 0.05) is 0 Å². The van der Waals surface area contributed by atoms with E-state index in [9.17, 15) is 0 Å². The molecule has 0 bridgehead atoms. The second-order valence-electron chi connectivity index (χ2n) is 3.83. The number of aryl methyl sites for hydroxylation is 2. The second-order valence-corrected chi connectivity index (χ2v) is 3.83. The summed E-state index contributed by atoms with van der Waals surface area (Å²) < 4.78 is 5.74. The molecule has 0 N–H and O–H groups in total. The molecule has 1 aromatic rings. The van der Waals surface area contributed by atoms with Crippen LogP contribution in [0.3, 0.4) is 0 Å². The van der Waals surface area contributed by atoms with Crippen LogP contribution < -0.4 is 4.74 Å². The average molecular weight is 203 g/mol. The molecule has 0 saturated carbocycles. The van der Waals surface area contributed by atoms with Gasteiger partial charge in [0.2, 0.25) is 0 Å². The summed E-state index contributed by atoms with van der Waals surface area (Å²) >= 11 is 0. The molecule has 0 spiro atoms. The molecule has 0 heterocycles. The number of benzene rings is 1. The van der Waals surface area contributed by atoms with Crippen LogP contribution in [0, 0.1) is 25.2 Å². The quantitative estimate of drug-likeness (QED) is 0.751. The number of hydrogen-bond acceptors (Lipinski definition) is 2. The van der Waals surface area contributed by atoms with E-state index in [2.05, 4.69) is 12.1 Å². The summed E-state index contributed by atoms with van der Waals surface area (Å²) in [5, 5.41) is 8.62. The van der Waals surface area contributed by atoms with Crippen LogP contribution in [0.4, 0.5) is 0 Å². The normalized spacial score (nSPS) is 11.9. The first-order valence-electron chi connectivity index (χ1n) is 5.27. The van der Waals surface area contributed by atoms with Crippen molar-refractivity contribution in [2.24, 2.45) is 0 Å². The van der Waals surface area contributed by atoms with Crippen LogP contribution >= 0.6 is 0 Å². The van der Waals surface area contributed by atoms with Crippen LogP contribution in [0.5, 0.6) is 5.75 Å². The molecule has 0 amide bonds. The maximum absolute atomic E-state index is 8.62. The van der Waals surface area contributed by atoms with Gasteiger partial charge in [-0.3, -0.25) is 0 Å². The molecule has 80 valence electrons. The lowest BCUT2D eigenvalue weighted by atomic mass is 10.1. The Labute approximate surface area is 91.5 Å². The molecule has 1 atom stereocenters. The molecule has 15 heavy (non-hydrogen) atoms. The third-order valence-electron chi connectivity index (χ3n) is 2.27. The number of rotatable bonds is 4. The van der Waals surface area contributed by atoms with E-state index in [0.29, 0.717) is 6.42 Å². The van der Waals surface area contributed by atoms with E-state index >= 15 is 0 Å². The van der Waals surface area contributed by atoms with Gasteiger partial charge in [-0.05, 0) is 43.5 Å². The topological polar surface area (TPSA) is 33.0 Å². The predicted molar refractivity (Wildman–Crippen MR) is 60.9 cm³/mol. The van der Waals surface area contributed by atoms with Crippen molar-refractivity contribution in [3.05, 3.63) is 29.3 Å². The zero-order valence-corrected chi connectivity index (χ0v) is 9.58. The van der Waals surface area contributed by atoms with Gasteiger partial charge in [-0.1, -0.05) is 13.0 Å². The molecule has 1 unspecified atom stereocenters. The zero-order valence-electron chi connectivity index (χ0n) is 9.58. The Bertz CT molecular complexity index is 345. The zero-order chi connectivity index (χ0) is 11.3. The summed E-state index contributed by atoms with van der Waals surface area (Å²) in [6.45, 7) is 6.13. The number of nitriles is 1. The minimum absolute atomic E-state index is 0.0104. The molecule has 1 aromatic carbocycles. The van der Waals surface area contributed by atoms with Crippen LogP contribution in [0.1, 0.15) is 30.9 Å². The van der Waals surface area contributed by atoms with Crippen molar-refractivity contribution >= 4 is 0 Å². The Kier molecular flexibility index (Phi) is 4.17. The van der Waals surface area contributed by atoms with Crippen LogP contribution in [0.15, 0.2) is 18.2 Å². The fraction of sp³-hybridized carbons (Fsp3) is 0.462. The highest BCUT2D eigenvalue weighted by atomic mass is 16.5. The molecule has 2 nitrogen and oxygen atoms in total. The van der Waals surface area contributed by atoms with Crippen molar-refractivity contribution in [1.82, 2.24) is 0 Å². The first kappa shape index (κ1) is 11.6. The van der Waals surface area contributed by atoms with Gasteiger partial charge in [-0.25, -0.2) is 0 Å². The lowest BCUT2D eigenvalue weighted by Crippen LogP contribution is -2.14. The molecule has 0 fully saturated rings. The average Bonchev–Trinajstić information content (AvgIpc) is 2.15. The molecule has 0 radical (unpaired) electrons. The highest BCUT2D eigenvalue weighted by Crippen LogP contribution is 2.19. The van der Waals surface area contributed by atoms with Crippen molar-refractivity contribution in [3.8, 4) is 11.8 Å². The van der Waals surface area contributed by atoms with Crippen LogP contribution in [0.2, 0.25) is 0 Å². The van der Waals surface area contributed by atoms with Crippen molar-refractivity contribution in [2.75, 3.05) is 0 Å². The number of nitrogens with zero attached hydrogens (tertiary/aromatic N) is 1. The van der Waals surface area contributed by atoms with Gasteiger partial charge in [-0.15, -0.1) is 0 Å². The Hall–Kier alpha value is -1.49. The first-order valence-corrected chi connectivity index (χ1v) is 5.27. The number of ether oxygens (including phenoxy) is 1.